The Labute approximate surface area is 140 Å². The first-order chi connectivity index (χ1) is 11.6. The molecule has 0 saturated carbocycles. The summed E-state index contributed by atoms with van der Waals surface area (Å²) in [6.45, 7) is 2.11. The summed E-state index contributed by atoms with van der Waals surface area (Å²) in [4.78, 5) is 18.3. The molecule has 2 aromatic rings. The van der Waals surface area contributed by atoms with Crippen LogP contribution in [-0.2, 0) is 0 Å². The van der Waals surface area contributed by atoms with Crippen molar-refractivity contribution in [2.24, 2.45) is 0 Å². The van der Waals surface area contributed by atoms with E-state index in [4.69, 9.17) is 5.26 Å². The van der Waals surface area contributed by atoms with Crippen LogP contribution in [0.25, 0.3) is 0 Å². The minimum Gasteiger partial charge on any atom is -0.306 e. The molecule has 1 saturated heterocycles. The van der Waals surface area contributed by atoms with E-state index in [1.165, 1.54) is 6.20 Å². The number of amides is 2. The number of aromatic nitrogens is 3. The van der Waals surface area contributed by atoms with Crippen LogP contribution in [0.4, 0.5) is 16.4 Å². The lowest BCUT2D eigenvalue weighted by Gasteiger charge is -2.28. The fourth-order valence-electron chi connectivity index (χ4n) is 2.67. The van der Waals surface area contributed by atoms with Crippen LogP contribution in [0, 0.1) is 11.3 Å². The van der Waals surface area contributed by atoms with Crippen LogP contribution in [-0.4, -0.2) is 45.8 Å². The van der Waals surface area contributed by atoms with E-state index >= 15 is 0 Å². The van der Waals surface area contributed by atoms with Gasteiger partial charge < -0.3 is 4.90 Å². The molecule has 8 heteroatoms. The van der Waals surface area contributed by atoms with Gasteiger partial charge in [-0.3, -0.25) is 15.3 Å². The summed E-state index contributed by atoms with van der Waals surface area (Å²) < 4.78 is 1.92. The fraction of sp³-hybridized carbons (Fsp3) is 0.375. The lowest BCUT2D eigenvalue weighted by atomic mass is 10.1. The van der Waals surface area contributed by atoms with Crippen molar-refractivity contribution in [1.82, 2.24) is 19.7 Å². The van der Waals surface area contributed by atoms with Crippen LogP contribution in [0.15, 0.2) is 30.6 Å². The van der Waals surface area contributed by atoms with Crippen LogP contribution in [0.5, 0.6) is 0 Å². The molecule has 124 valence electrons. The third-order valence-electron chi connectivity index (χ3n) is 4.05. The molecule has 0 aliphatic carbocycles. The second-order valence-electron chi connectivity index (χ2n) is 5.84. The number of anilines is 2. The number of likely N-dealkylation sites (tertiary alicyclic amines) is 1. The van der Waals surface area contributed by atoms with Gasteiger partial charge in [-0.1, -0.05) is 0 Å². The quantitative estimate of drug-likeness (QED) is 0.900. The first-order valence-corrected chi connectivity index (χ1v) is 7.82. The number of pyridine rings is 1. The second kappa shape index (κ2) is 7.10. The standard InChI is InChI=1S/C16H19N7O/c1-22-7-4-13(5-8-22)23-9-6-15(21-23)20-16(24)19-14-3-2-12(10-17)11-18-14/h2-3,6,9,11,13H,4-5,7-8H2,1H3,(H2,18,19,20,21,24). The Hall–Kier alpha value is -2.92. The Kier molecular flexibility index (Phi) is 4.72. The number of carbonyl (C=O) groups is 1. The SMILES string of the molecule is CN1CCC(n2ccc(NC(=O)Nc3ccc(C#N)cn3)n2)CC1. The lowest BCUT2D eigenvalue weighted by molar-refractivity contribution is 0.212. The highest BCUT2D eigenvalue weighted by Crippen LogP contribution is 2.21. The molecule has 0 bridgehead atoms. The third-order valence-corrected chi connectivity index (χ3v) is 4.05. The molecule has 0 radical (unpaired) electrons. The summed E-state index contributed by atoms with van der Waals surface area (Å²) in [5.41, 5.74) is 0.442. The number of piperidine rings is 1. The number of nitrogens with one attached hydrogen (secondary N) is 2. The monoisotopic (exact) mass is 325 g/mol. The second-order valence-corrected chi connectivity index (χ2v) is 5.84. The largest absolute Gasteiger partial charge is 0.326 e. The summed E-state index contributed by atoms with van der Waals surface area (Å²) in [6.07, 6.45) is 5.41. The molecular formula is C16H19N7O. The Morgan fingerprint density at radius 1 is 1.25 bits per heavy atom. The van der Waals surface area contributed by atoms with Gasteiger partial charge in [-0.2, -0.15) is 10.4 Å². The fourth-order valence-corrected chi connectivity index (χ4v) is 2.67. The molecule has 2 N–H and O–H groups in total. The van der Waals surface area contributed by atoms with Crippen LogP contribution >= 0.6 is 0 Å². The first-order valence-electron chi connectivity index (χ1n) is 7.82. The van der Waals surface area contributed by atoms with Gasteiger partial charge in [0.15, 0.2) is 5.82 Å². The number of hydrogen-bond donors (Lipinski definition) is 2. The van der Waals surface area contributed by atoms with E-state index < -0.39 is 6.03 Å². The van der Waals surface area contributed by atoms with Crippen molar-refractivity contribution >= 4 is 17.7 Å². The maximum atomic E-state index is 12.0. The molecule has 2 amide bonds. The summed E-state index contributed by atoms with van der Waals surface area (Å²) in [5, 5.41) is 18.5. The van der Waals surface area contributed by atoms with Crippen molar-refractivity contribution in [2.75, 3.05) is 30.8 Å². The van der Waals surface area contributed by atoms with E-state index in [9.17, 15) is 4.79 Å². The van der Waals surface area contributed by atoms with Crippen LogP contribution in [0.3, 0.4) is 0 Å². The van der Waals surface area contributed by atoms with Crippen molar-refractivity contribution in [3.8, 4) is 6.07 Å². The molecule has 8 nitrogen and oxygen atoms in total. The highest BCUT2D eigenvalue weighted by atomic mass is 16.2. The minimum absolute atomic E-state index is 0.375. The minimum atomic E-state index is -0.416. The molecule has 0 atom stereocenters. The van der Waals surface area contributed by atoms with E-state index in [1.807, 2.05) is 16.9 Å². The first kappa shape index (κ1) is 16.0. The topological polar surface area (TPSA) is 98.9 Å². The van der Waals surface area contributed by atoms with Crippen molar-refractivity contribution in [1.29, 1.82) is 5.26 Å². The molecule has 1 aliphatic rings. The van der Waals surface area contributed by atoms with Gasteiger partial charge in [-0.15, -0.1) is 0 Å². The number of carbonyl (C=O) groups excluding carboxylic acids is 1. The van der Waals surface area contributed by atoms with E-state index in [1.54, 1.807) is 18.2 Å². The average Bonchev–Trinajstić information content (AvgIpc) is 3.04. The number of hydrogen-bond acceptors (Lipinski definition) is 5. The van der Waals surface area contributed by atoms with E-state index in [2.05, 4.69) is 32.7 Å². The zero-order valence-corrected chi connectivity index (χ0v) is 13.4. The molecule has 3 rings (SSSR count). The predicted molar refractivity (Wildman–Crippen MR) is 89.6 cm³/mol. The van der Waals surface area contributed by atoms with Crippen LogP contribution < -0.4 is 10.6 Å². The molecule has 0 aromatic carbocycles. The van der Waals surface area contributed by atoms with Crippen LogP contribution in [0.2, 0.25) is 0 Å². The molecule has 3 heterocycles. The van der Waals surface area contributed by atoms with Crippen molar-refractivity contribution in [3.05, 3.63) is 36.2 Å². The van der Waals surface area contributed by atoms with E-state index in [-0.39, 0.29) is 0 Å². The lowest BCUT2D eigenvalue weighted by Crippen LogP contribution is -2.31. The number of rotatable bonds is 3. The van der Waals surface area contributed by atoms with Gasteiger partial charge in [-0.05, 0) is 45.1 Å². The Balaban J connectivity index is 1.56. The maximum Gasteiger partial charge on any atom is 0.326 e. The summed E-state index contributed by atoms with van der Waals surface area (Å²) in [6, 6.07) is 6.89. The molecular weight excluding hydrogens is 306 g/mol. The van der Waals surface area contributed by atoms with Gasteiger partial charge in [-0.25, -0.2) is 9.78 Å². The van der Waals surface area contributed by atoms with Gasteiger partial charge >= 0.3 is 6.03 Å². The van der Waals surface area contributed by atoms with Crippen LogP contribution in [0.1, 0.15) is 24.4 Å². The highest BCUT2D eigenvalue weighted by Gasteiger charge is 2.19. The van der Waals surface area contributed by atoms with Gasteiger partial charge in [0, 0.05) is 18.5 Å². The normalized spacial score (nSPS) is 15.7. The highest BCUT2D eigenvalue weighted by molar-refractivity contribution is 5.98. The van der Waals surface area contributed by atoms with Gasteiger partial charge in [0.05, 0.1) is 11.6 Å². The van der Waals surface area contributed by atoms with E-state index in [0.29, 0.717) is 23.2 Å². The Morgan fingerprint density at radius 2 is 2.00 bits per heavy atom. The number of nitriles is 1. The molecule has 24 heavy (non-hydrogen) atoms. The van der Waals surface area contributed by atoms with Gasteiger partial charge in [0.25, 0.3) is 0 Å². The van der Waals surface area contributed by atoms with Crippen molar-refractivity contribution in [2.45, 2.75) is 18.9 Å². The summed E-state index contributed by atoms with van der Waals surface area (Å²) in [5.74, 6) is 0.876. The maximum absolute atomic E-state index is 12.0. The summed E-state index contributed by atoms with van der Waals surface area (Å²) >= 11 is 0. The smallest absolute Gasteiger partial charge is 0.306 e. The number of urea groups is 1. The van der Waals surface area contributed by atoms with Gasteiger partial charge in [0.2, 0.25) is 0 Å². The average molecular weight is 325 g/mol. The molecule has 1 fully saturated rings. The van der Waals surface area contributed by atoms with Gasteiger partial charge in [0.1, 0.15) is 11.9 Å². The van der Waals surface area contributed by atoms with Crippen molar-refractivity contribution < 1.29 is 4.79 Å². The Bertz CT molecular complexity index is 739. The molecule has 0 spiro atoms. The third kappa shape index (κ3) is 3.88. The molecule has 1 aliphatic heterocycles. The van der Waals surface area contributed by atoms with Crippen molar-refractivity contribution in [3.63, 3.8) is 0 Å². The predicted octanol–water partition coefficient (Wildman–Crippen LogP) is 2.06. The summed E-state index contributed by atoms with van der Waals surface area (Å²) in [7, 11) is 2.12. The zero-order chi connectivity index (χ0) is 16.9. The molecule has 0 unspecified atom stereocenters. The zero-order valence-electron chi connectivity index (χ0n) is 13.4. The number of nitrogens with zero attached hydrogens (tertiary/aromatic N) is 5. The van der Waals surface area contributed by atoms with E-state index in [0.717, 1.165) is 25.9 Å². The Morgan fingerprint density at radius 3 is 2.67 bits per heavy atom. The molecule has 2 aromatic heterocycles.